The van der Waals surface area contributed by atoms with Gasteiger partial charge in [-0.25, -0.2) is 0 Å². The lowest BCUT2D eigenvalue weighted by Gasteiger charge is -2.21. The zero-order chi connectivity index (χ0) is 13.7. The Hall–Kier alpha value is -1.10. The van der Waals surface area contributed by atoms with Crippen LogP contribution < -0.4 is 4.74 Å². The molecule has 106 valence electrons. The highest BCUT2D eigenvalue weighted by molar-refractivity contribution is 5.35. The molecule has 1 saturated heterocycles. The van der Waals surface area contributed by atoms with Gasteiger partial charge in [-0.1, -0.05) is 18.2 Å². The molecule has 1 aromatic rings. The number of methoxy groups -OCH3 is 1. The SMILES string of the molecule is COCCOc1ccccc1C(O)C1CCC(C)O1. The van der Waals surface area contributed by atoms with Crippen LogP contribution in [0.2, 0.25) is 0 Å². The van der Waals surface area contributed by atoms with Gasteiger partial charge in [0, 0.05) is 12.7 Å². The molecule has 3 atom stereocenters. The topological polar surface area (TPSA) is 47.9 Å². The van der Waals surface area contributed by atoms with Crippen LogP contribution in [-0.4, -0.2) is 37.6 Å². The molecule has 1 heterocycles. The summed E-state index contributed by atoms with van der Waals surface area (Å²) >= 11 is 0. The largest absolute Gasteiger partial charge is 0.491 e. The lowest BCUT2D eigenvalue weighted by atomic mass is 10.0. The molecule has 0 aliphatic carbocycles. The Morgan fingerprint density at radius 2 is 2.11 bits per heavy atom. The monoisotopic (exact) mass is 266 g/mol. The van der Waals surface area contributed by atoms with E-state index < -0.39 is 6.10 Å². The van der Waals surface area contributed by atoms with Gasteiger partial charge < -0.3 is 19.3 Å². The van der Waals surface area contributed by atoms with Gasteiger partial charge >= 0.3 is 0 Å². The van der Waals surface area contributed by atoms with Gasteiger partial charge in [-0.15, -0.1) is 0 Å². The van der Waals surface area contributed by atoms with Crippen molar-refractivity contribution >= 4 is 0 Å². The van der Waals surface area contributed by atoms with E-state index in [1.807, 2.05) is 31.2 Å². The highest BCUT2D eigenvalue weighted by atomic mass is 16.5. The molecular formula is C15H22O4. The number of hydrogen-bond donors (Lipinski definition) is 1. The van der Waals surface area contributed by atoms with E-state index in [0.29, 0.717) is 19.0 Å². The fourth-order valence-corrected chi connectivity index (χ4v) is 2.36. The summed E-state index contributed by atoms with van der Waals surface area (Å²) in [5, 5.41) is 10.4. The first-order valence-electron chi connectivity index (χ1n) is 6.76. The molecule has 2 rings (SSSR count). The van der Waals surface area contributed by atoms with Crippen molar-refractivity contribution in [1.29, 1.82) is 0 Å². The number of rotatable bonds is 6. The first-order valence-corrected chi connectivity index (χ1v) is 6.76. The minimum absolute atomic E-state index is 0.137. The maximum absolute atomic E-state index is 10.4. The van der Waals surface area contributed by atoms with Gasteiger partial charge in [0.05, 0.1) is 18.8 Å². The second-order valence-electron chi connectivity index (χ2n) is 4.89. The van der Waals surface area contributed by atoms with E-state index in [0.717, 1.165) is 18.4 Å². The Kier molecular flexibility index (Phi) is 5.19. The summed E-state index contributed by atoms with van der Waals surface area (Å²) in [5.74, 6) is 0.704. The second kappa shape index (κ2) is 6.89. The minimum Gasteiger partial charge on any atom is -0.491 e. The van der Waals surface area contributed by atoms with Crippen molar-refractivity contribution in [1.82, 2.24) is 0 Å². The van der Waals surface area contributed by atoms with E-state index in [1.165, 1.54) is 0 Å². The molecule has 1 aliphatic heterocycles. The zero-order valence-electron chi connectivity index (χ0n) is 11.5. The molecule has 0 aromatic heterocycles. The number of benzene rings is 1. The molecule has 19 heavy (non-hydrogen) atoms. The van der Waals surface area contributed by atoms with Crippen LogP contribution in [-0.2, 0) is 9.47 Å². The van der Waals surface area contributed by atoms with Gasteiger partial charge in [-0.2, -0.15) is 0 Å². The van der Waals surface area contributed by atoms with Crippen molar-refractivity contribution < 1.29 is 19.3 Å². The zero-order valence-corrected chi connectivity index (χ0v) is 11.5. The van der Waals surface area contributed by atoms with Crippen LogP contribution in [0.5, 0.6) is 5.75 Å². The third-order valence-corrected chi connectivity index (χ3v) is 3.40. The van der Waals surface area contributed by atoms with Gasteiger partial charge in [-0.05, 0) is 25.8 Å². The summed E-state index contributed by atoms with van der Waals surface area (Å²) in [7, 11) is 1.64. The predicted molar refractivity (Wildman–Crippen MR) is 72.3 cm³/mol. The summed E-state index contributed by atoms with van der Waals surface area (Å²) in [6.07, 6.45) is 1.33. The number of para-hydroxylation sites is 1. The van der Waals surface area contributed by atoms with Crippen molar-refractivity contribution in [3.63, 3.8) is 0 Å². The van der Waals surface area contributed by atoms with Crippen molar-refractivity contribution in [2.24, 2.45) is 0 Å². The van der Waals surface area contributed by atoms with Gasteiger partial charge in [0.1, 0.15) is 18.5 Å². The normalized spacial score (nSPS) is 24.4. The summed E-state index contributed by atoms with van der Waals surface area (Å²) in [6, 6.07) is 7.56. The third kappa shape index (κ3) is 3.69. The maximum atomic E-state index is 10.4. The van der Waals surface area contributed by atoms with Gasteiger partial charge in [0.25, 0.3) is 0 Å². The first-order chi connectivity index (χ1) is 9.22. The number of ether oxygens (including phenoxy) is 3. The Labute approximate surface area is 114 Å². The molecule has 0 bridgehead atoms. The van der Waals surface area contributed by atoms with Crippen LogP contribution in [0.1, 0.15) is 31.4 Å². The summed E-state index contributed by atoms with van der Waals surface area (Å²) in [6.45, 7) is 3.04. The van der Waals surface area contributed by atoms with Crippen molar-refractivity contribution in [3.05, 3.63) is 29.8 Å². The molecule has 1 N–H and O–H groups in total. The smallest absolute Gasteiger partial charge is 0.125 e. The highest BCUT2D eigenvalue weighted by Gasteiger charge is 2.30. The molecule has 3 unspecified atom stereocenters. The van der Waals surface area contributed by atoms with E-state index in [4.69, 9.17) is 14.2 Å². The molecule has 0 amide bonds. The van der Waals surface area contributed by atoms with E-state index in [-0.39, 0.29) is 12.2 Å². The van der Waals surface area contributed by atoms with E-state index in [9.17, 15) is 5.11 Å². The summed E-state index contributed by atoms with van der Waals surface area (Å²) in [4.78, 5) is 0. The Bertz CT molecular complexity index is 393. The molecule has 0 saturated carbocycles. The van der Waals surface area contributed by atoms with E-state index >= 15 is 0 Å². The van der Waals surface area contributed by atoms with Gasteiger partial charge in [0.2, 0.25) is 0 Å². The average molecular weight is 266 g/mol. The van der Waals surface area contributed by atoms with Crippen LogP contribution in [0.15, 0.2) is 24.3 Å². The summed E-state index contributed by atoms with van der Waals surface area (Å²) < 4.78 is 16.3. The van der Waals surface area contributed by atoms with Gasteiger partial charge in [-0.3, -0.25) is 0 Å². The quantitative estimate of drug-likeness (QED) is 0.803. The molecular weight excluding hydrogens is 244 g/mol. The van der Waals surface area contributed by atoms with Crippen molar-refractivity contribution in [2.45, 2.75) is 38.1 Å². The second-order valence-corrected chi connectivity index (χ2v) is 4.89. The van der Waals surface area contributed by atoms with Crippen molar-refractivity contribution in [2.75, 3.05) is 20.3 Å². The fourth-order valence-electron chi connectivity index (χ4n) is 2.36. The average Bonchev–Trinajstić information content (AvgIpc) is 2.85. The van der Waals surface area contributed by atoms with Crippen LogP contribution in [0, 0.1) is 0 Å². The lowest BCUT2D eigenvalue weighted by molar-refractivity contribution is -0.0308. The van der Waals surface area contributed by atoms with Gasteiger partial charge in [0.15, 0.2) is 0 Å². The van der Waals surface area contributed by atoms with Crippen molar-refractivity contribution in [3.8, 4) is 5.75 Å². The Balaban J connectivity index is 2.05. The molecule has 1 aliphatic rings. The molecule has 0 spiro atoms. The Morgan fingerprint density at radius 1 is 1.32 bits per heavy atom. The predicted octanol–water partition coefficient (Wildman–Crippen LogP) is 2.31. The lowest BCUT2D eigenvalue weighted by Crippen LogP contribution is -2.19. The number of aliphatic hydroxyl groups excluding tert-OH is 1. The van der Waals surface area contributed by atoms with Crippen LogP contribution in [0.4, 0.5) is 0 Å². The molecule has 4 nitrogen and oxygen atoms in total. The Morgan fingerprint density at radius 3 is 2.79 bits per heavy atom. The van der Waals surface area contributed by atoms with E-state index in [2.05, 4.69) is 0 Å². The van der Waals surface area contributed by atoms with Crippen LogP contribution >= 0.6 is 0 Å². The molecule has 1 fully saturated rings. The van der Waals surface area contributed by atoms with E-state index in [1.54, 1.807) is 7.11 Å². The summed E-state index contributed by atoms with van der Waals surface area (Å²) in [5.41, 5.74) is 0.790. The molecule has 4 heteroatoms. The highest BCUT2D eigenvalue weighted by Crippen LogP contribution is 2.34. The first kappa shape index (κ1) is 14.3. The van der Waals surface area contributed by atoms with Crippen LogP contribution in [0.25, 0.3) is 0 Å². The molecule has 0 radical (unpaired) electrons. The standard InChI is InChI=1S/C15H22O4/c1-11-7-8-14(19-11)15(16)12-5-3-4-6-13(12)18-10-9-17-2/h3-6,11,14-16H,7-10H2,1-2H3. The minimum atomic E-state index is -0.635. The van der Waals surface area contributed by atoms with Crippen LogP contribution in [0.3, 0.4) is 0 Å². The number of hydrogen-bond acceptors (Lipinski definition) is 4. The fraction of sp³-hybridized carbons (Fsp3) is 0.600. The number of aliphatic hydroxyl groups is 1. The third-order valence-electron chi connectivity index (χ3n) is 3.40. The molecule has 1 aromatic carbocycles. The maximum Gasteiger partial charge on any atom is 0.125 e.